The molecule has 0 atom stereocenters. The number of hydrogen-bond donors (Lipinski definition) is 1. The van der Waals surface area contributed by atoms with Gasteiger partial charge in [0.2, 0.25) is 5.91 Å². The van der Waals surface area contributed by atoms with Crippen molar-refractivity contribution in [2.75, 3.05) is 33.7 Å². The van der Waals surface area contributed by atoms with Gasteiger partial charge in [-0.25, -0.2) is 0 Å². The molecule has 0 aliphatic carbocycles. The van der Waals surface area contributed by atoms with E-state index in [1.165, 1.54) is 4.88 Å². The van der Waals surface area contributed by atoms with Crippen LogP contribution in [0.15, 0.2) is 15.9 Å². The molecule has 0 unspecified atom stereocenters. The summed E-state index contributed by atoms with van der Waals surface area (Å²) in [5.41, 5.74) is 0. The minimum atomic E-state index is 0.194. The van der Waals surface area contributed by atoms with Crippen molar-refractivity contribution < 1.29 is 4.79 Å². The van der Waals surface area contributed by atoms with Crippen LogP contribution in [-0.2, 0) is 11.3 Å². The number of piperidine rings is 1. The van der Waals surface area contributed by atoms with E-state index in [9.17, 15) is 4.79 Å². The fraction of sp³-hybridized carbons (Fsp3) is 0.643. The van der Waals surface area contributed by atoms with Crippen molar-refractivity contribution in [2.45, 2.75) is 25.4 Å². The van der Waals surface area contributed by atoms with Crippen molar-refractivity contribution in [3.8, 4) is 0 Å². The third-order valence-electron chi connectivity index (χ3n) is 3.63. The highest BCUT2D eigenvalue weighted by Gasteiger charge is 2.21. The first-order valence-corrected chi connectivity index (χ1v) is 8.60. The average Bonchev–Trinajstić information content (AvgIpc) is 2.83. The predicted octanol–water partition coefficient (Wildman–Crippen LogP) is 2.15. The molecule has 0 saturated carbocycles. The Kier molecular flexibility index (Phi) is 6.01. The smallest absolute Gasteiger partial charge is 0.236 e. The number of nitrogens with zero attached hydrogens (tertiary/aromatic N) is 2. The van der Waals surface area contributed by atoms with Crippen LogP contribution >= 0.6 is 27.3 Å². The summed E-state index contributed by atoms with van der Waals surface area (Å²) in [7, 11) is 3.63. The number of carbonyl (C=O) groups excluding carboxylic acids is 1. The Morgan fingerprint density at radius 2 is 2.20 bits per heavy atom. The number of hydrogen-bond acceptors (Lipinski definition) is 4. The summed E-state index contributed by atoms with van der Waals surface area (Å²) in [6, 6.07) is 2.74. The largest absolute Gasteiger partial charge is 0.348 e. The number of nitrogens with one attached hydrogen (secondary N) is 1. The maximum atomic E-state index is 11.7. The second kappa shape index (κ2) is 7.54. The van der Waals surface area contributed by atoms with Crippen molar-refractivity contribution in [3.05, 3.63) is 20.8 Å². The standard InChI is InChI=1S/C14H22BrN3OS/c1-17(2)14(19)9-18-5-3-12(4-6-18)16-8-13-7-11(15)10-20-13/h7,10,12,16H,3-6,8-9H2,1-2H3. The molecular formula is C14H22BrN3OS. The lowest BCUT2D eigenvalue weighted by atomic mass is 10.1. The molecule has 2 heterocycles. The molecule has 0 aromatic carbocycles. The summed E-state index contributed by atoms with van der Waals surface area (Å²) in [5, 5.41) is 5.73. The summed E-state index contributed by atoms with van der Waals surface area (Å²) in [4.78, 5) is 17.0. The lowest BCUT2D eigenvalue weighted by molar-refractivity contribution is -0.130. The van der Waals surface area contributed by atoms with Gasteiger partial charge >= 0.3 is 0 Å². The van der Waals surface area contributed by atoms with Crippen LogP contribution in [0, 0.1) is 0 Å². The van der Waals surface area contributed by atoms with E-state index in [-0.39, 0.29) is 5.91 Å². The summed E-state index contributed by atoms with van der Waals surface area (Å²) in [6.45, 7) is 3.51. The van der Waals surface area contributed by atoms with Gasteiger partial charge in [-0.15, -0.1) is 11.3 Å². The third kappa shape index (κ3) is 4.84. The summed E-state index contributed by atoms with van der Waals surface area (Å²) >= 11 is 5.26. The fourth-order valence-electron chi connectivity index (χ4n) is 2.32. The lowest BCUT2D eigenvalue weighted by Gasteiger charge is -2.32. The number of rotatable bonds is 5. The van der Waals surface area contributed by atoms with Crippen LogP contribution in [0.1, 0.15) is 17.7 Å². The third-order valence-corrected chi connectivity index (χ3v) is 5.33. The molecule has 4 nitrogen and oxygen atoms in total. The van der Waals surface area contributed by atoms with E-state index in [1.807, 2.05) is 14.1 Å². The molecule has 1 amide bonds. The van der Waals surface area contributed by atoms with Gasteiger partial charge in [0, 0.05) is 54.5 Å². The minimum Gasteiger partial charge on any atom is -0.348 e. The quantitative estimate of drug-likeness (QED) is 0.874. The van der Waals surface area contributed by atoms with Gasteiger partial charge in [0.1, 0.15) is 0 Å². The molecule has 1 aromatic rings. The minimum absolute atomic E-state index is 0.194. The van der Waals surface area contributed by atoms with Crippen LogP contribution in [0.25, 0.3) is 0 Å². The van der Waals surface area contributed by atoms with Gasteiger partial charge in [-0.1, -0.05) is 0 Å². The Balaban J connectivity index is 1.68. The van der Waals surface area contributed by atoms with Crippen LogP contribution in [0.3, 0.4) is 0 Å². The Morgan fingerprint density at radius 1 is 1.50 bits per heavy atom. The molecule has 20 heavy (non-hydrogen) atoms. The average molecular weight is 360 g/mol. The van der Waals surface area contributed by atoms with Crippen LogP contribution in [-0.4, -0.2) is 55.5 Å². The molecule has 2 rings (SSSR count). The van der Waals surface area contributed by atoms with Crippen molar-refractivity contribution >= 4 is 33.2 Å². The first-order chi connectivity index (χ1) is 9.54. The Bertz CT molecular complexity index is 441. The number of thiophene rings is 1. The summed E-state index contributed by atoms with van der Waals surface area (Å²) in [5.74, 6) is 0.194. The number of likely N-dealkylation sites (N-methyl/N-ethyl adjacent to an activating group) is 1. The van der Waals surface area contributed by atoms with Gasteiger partial charge in [-0.05, 0) is 34.8 Å². The van der Waals surface area contributed by atoms with E-state index in [0.29, 0.717) is 12.6 Å². The van der Waals surface area contributed by atoms with E-state index >= 15 is 0 Å². The highest BCUT2D eigenvalue weighted by molar-refractivity contribution is 9.10. The zero-order valence-electron chi connectivity index (χ0n) is 12.1. The van der Waals surface area contributed by atoms with Gasteiger partial charge in [-0.3, -0.25) is 9.69 Å². The molecule has 0 spiro atoms. The zero-order chi connectivity index (χ0) is 14.5. The molecule has 1 saturated heterocycles. The highest BCUT2D eigenvalue weighted by atomic mass is 79.9. The fourth-order valence-corrected chi connectivity index (χ4v) is 3.72. The predicted molar refractivity (Wildman–Crippen MR) is 87.0 cm³/mol. The number of likely N-dealkylation sites (tertiary alicyclic amines) is 1. The number of carbonyl (C=O) groups is 1. The summed E-state index contributed by atoms with van der Waals surface area (Å²) < 4.78 is 1.16. The van der Waals surface area contributed by atoms with Crippen LogP contribution in [0.5, 0.6) is 0 Å². The molecule has 1 aromatic heterocycles. The maximum absolute atomic E-state index is 11.7. The van der Waals surface area contributed by atoms with Crippen LogP contribution in [0.4, 0.5) is 0 Å². The van der Waals surface area contributed by atoms with E-state index in [1.54, 1.807) is 16.2 Å². The van der Waals surface area contributed by atoms with Crippen molar-refractivity contribution in [1.29, 1.82) is 0 Å². The van der Waals surface area contributed by atoms with Crippen LogP contribution < -0.4 is 5.32 Å². The van der Waals surface area contributed by atoms with Gasteiger partial charge in [0.05, 0.1) is 6.54 Å². The van der Waals surface area contributed by atoms with Crippen molar-refractivity contribution in [2.24, 2.45) is 0 Å². The second-order valence-electron chi connectivity index (χ2n) is 5.45. The first kappa shape index (κ1) is 15.9. The topological polar surface area (TPSA) is 35.6 Å². The molecular weight excluding hydrogens is 338 g/mol. The Morgan fingerprint density at radius 3 is 2.75 bits per heavy atom. The molecule has 1 aliphatic rings. The van der Waals surface area contributed by atoms with Crippen molar-refractivity contribution in [1.82, 2.24) is 15.1 Å². The molecule has 112 valence electrons. The van der Waals surface area contributed by atoms with Crippen molar-refractivity contribution in [3.63, 3.8) is 0 Å². The molecule has 1 N–H and O–H groups in total. The monoisotopic (exact) mass is 359 g/mol. The van der Waals surface area contributed by atoms with Gasteiger partial charge in [-0.2, -0.15) is 0 Å². The highest BCUT2D eigenvalue weighted by Crippen LogP contribution is 2.20. The second-order valence-corrected chi connectivity index (χ2v) is 7.36. The number of amides is 1. The van der Waals surface area contributed by atoms with Gasteiger partial charge in [0.15, 0.2) is 0 Å². The molecule has 0 bridgehead atoms. The molecule has 1 fully saturated rings. The normalized spacial score (nSPS) is 17.4. The van der Waals surface area contributed by atoms with Crippen LogP contribution in [0.2, 0.25) is 0 Å². The van der Waals surface area contributed by atoms with Gasteiger partial charge < -0.3 is 10.2 Å². The first-order valence-electron chi connectivity index (χ1n) is 6.93. The summed E-state index contributed by atoms with van der Waals surface area (Å²) in [6.07, 6.45) is 2.24. The van der Waals surface area contributed by atoms with E-state index in [2.05, 4.69) is 37.6 Å². The lowest BCUT2D eigenvalue weighted by Crippen LogP contribution is -2.45. The zero-order valence-corrected chi connectivity index (χ0v) is 14.5. The SMILES string of the molecule is CN(C)C(=O)CN1CCC(NCc2cc(Br)cs2)CC1. The molecule has 6 heteroatoms. The molecule has 0 radical (unpaired) electrons. The molecule has 1 aliphatic heterocycles. The number of halogens is 1. The van der Waals surface area contributed by atoms with E-state index in [0.717, 1.165) is 36.9 Å². The Hall–Kier alpha value is -0.430. The Labute approximate surface area is 133 Å². The van der Waals surface area contributed by atoms with E-state index in [4.69, 9.17) is 0 Å². The van der Waals surface area contributed by atoms with E-state index < -0.39 is 0 Å². The maximum Gasteiger partial charge on any atom is 0.236 e. The van der Waals surface area contributed by atoms with Gasteiger partial charge in [0.25, 0.3) is 0 Å².